The smallest absolute Gasteiger partial charge is 0.180 e. The summed E-state index contributed by atoms with van der Waals surface area (Å²) in [6.07, 6.45) is 4.18. The van der Waals surface area contributed by atoms with E-state index in [9.17, 15) is 4.39 Å². The Morgan fingerprint density at radius 2 is 2.03 bits per heavy atom. The van der Waals surface area contributed by atoms with Crippen LogP contribution in [0.2, 0.25) is 0 Å². The molecule has 4 heterocycles. The van der Waals surface area contributed by atoms with Gasteiger partial charge >= 0.3 is 0 Å². The molecular weight excluding hydrogens is 397 g/mol. The van der Waals surface area contributed by atoms with E-state index >= 15 is 0 Å². The largest absolute Gasteiger partial charge is 0.497 e. The van der Waals surface area contributed by atoms with Gasteiger partial charge in [0.1, 0.15) is 17.9 Å². The maximum Gasteiger partial charge on any atom is 0.180 e. The van der Waals surface area contributed by atoms with E-state index in [2.05, 4.69) is 32.3 Å². The van der Waals surface area contributed by atoms with Crippen molar-refractivity contribution in [3.63, 3.8) is 0 Å². The molecule has 31 heavy (non-hydrogen) atoms. The van der Waals surface area contributed by atoms with Gasteiger partial charge in [0.2, 0.25) is 0 Å². The Balaban J connectivity index is 1.43. The van der Waals surface area contributed by atoms with Crippen LogP contribution in [0.15, 0.2) is 36.8 Å². The molecule has 0 saturated heterocycles. The molecule has 1 aromatic carbocycles. The predicted octanol–water partition coefficient (Wildman–Crippen LogP) is 3.59. The summed E-state index contributed by atoms with van der Waals surface area (Å²) >= 11 is 0. The normalized spacial score (nSPS) is 13.4. The molecule has 3 aromatic heterocycles. The first-order valence-electron chi connectivity index (χ1n) is 10.0. The lowest BCUT2D eigenvalue weighted by Gasteiger charge is -2.30. The number of aryl methyl sites for hydroxylation is 1. The van der Waals surface area contributed by atoms with Gasteiger partial charge in [-0.15, -0.1) is 15.3 Å². The van der Waals surface area contributed by atoms with E-state index in [0.717, 1.165) is 52.5 Å². The fourth-order valence-corrected chi connectivity index (χ4v) is 3.92. The minimum Gasteiger partial charge on any atom is -0.497 e. The predicted molar refractivity (Wildman–Crippen MR) is 115 cm³/mol. The summed E-state index contributed by atoms with van der Waals surface area (Å²) in [6, 6.07) is 6.76. The highest BCUT2D eigenvalue weighted by molar-refractivity contribution is 5.63. The maximum atomic E-state index is 14.3. The van der Waals surface area contributed by atoms with Crippen LogP contribution >= 0.6 is 0 Å². The van der Waals surface area contributed by atoms with Crippen LogP contribution in [0.3, 0.4) is 0 Å². The van der Waals surface area contributed by atoms with Crippen molar-refractivity contribution in [2.75, 3.05) is 23.9 Å². The second kappa shape index (κ2) is 7.50. The maximum absolute atomic E-state index is 14.3. The molecule has 0 bridgehead atoms. The number of fused-ring (bicyclic) bond motifs is 2. The number of hydrogen-bond donors (Lipinski definition) is 1. The molecule has 0 amide bonds. The third-order valence-electron chi connectivity index (χ3n) is 5.76. The van der Waals surface area contributed by atoms with Crippen molar-refractivity contribution in [2.45, 2.75) is 26.8 Å². The average Bonchev–Trinajstić information content (AvgIpc) is 3.26. The first-order chi connectivity index (χ1) is 15.0. The first kappa shape index (κ1) is 19.2. The van der Waals surface area contributed by atoms with Gasteiger partial charge in [-0.1, -0.05) is 0 Å². The molecule has 1 aliphatic heterocycles. The molecule has 5 rings (SSSR count). The Kier molecular flexibility index (Phi) is 4.65. The number of benzene rings is 1. The molecule has 0 unspecified atom stereocenters. The molecule has 0 atom stereocenters. The highest BCUT2D eigenvalue weighted by atomic mass is 19.1. The number of ether oxygens (including phenoxy) is 1. The molecule has 8 nitrogen and oxygen atoms in total. The van der Waals surface area contributed by atoms with Crippen molar-refractivity contribution in [1.82, 2.24) is 24.8 Å². The second-order valence-corrected chi connectivity index (χ2v) is 7.64. The number of pyridine rings is 1. The fraction of sp³-hybridized carbons (Fsp3) is 0.273. The van der Waals surface area contributed by atoms with Crippen molar-refractivity contribution in [3.8, 4) is 5.75 Å². The summed E-state index contributed by atoms with van der Waals surface area (Å²) in [6.45, 7) is 5.59. The van der Waals surface area contributed by atoms with Gasteiger partial charge in [-0.2, -0.15) is 4.52 Å². The molecular formula is C22H22FN7O. The van der Waals surface area contributed by atoms with Crippen molar-refractivity contribution >= 4 is 22.8 Å². The zero-order valence-corrected chi connectivity index (χ0v) is 17.6. The number of anilines is 3. The number of rotatable bonds is 4. The van der Waals surface area contributed by atoms with Crippen LogP contribution in [0.1, 0.15) is 22.4 Å². The van der Waals surface area contributed by atoms with E-state index in [4.69, 9.17) is 9.84 Å². The van der Waals surface area contributed by atoms with Gasteiger partial charge in [0.15, 0.2) is 11.5 Å². The number of methoxy groups -OCH3 is 1. The number of nitrogens with zero attached hydrogens (tertiary/aromatic N) is 6. The minimum atomic E-state index is -0.378. The summed E-state index contributed by atoms with van der Waals surface area (Å²) < 4.78 is 21.1. The molecule has 0 aliphatic carbocycles. The highest BCUT2D eigenvalue weighted by Gasteiger charge is 2.22. The molecule has 0 spiro atoms. The quantitative estimate of drug-likeness (QED) is 0.541. The molecule has 0 saturated carbocycles. The molecule has 9 heteroatoms. The van der Waals surface area contributed by atoms with E-state index in [1.54, 1.807) is 29.2 Å². The lowest BCUT2D eigenvalue weighted by molar-refractivity contribution is 0.411. The number of aromatic nitrogens is 5. The van der Waals surface area contributed by atoms with Crippen molar-refractivity contribution in [3.05, 3.63) is 65.0 Å². The van der Waals surface area contributed by atoms with Gasteiger partial charge in [-0.05, 0) is 37.6 Å². The van der Waals surface area contributed by atoms with E-state index in [1.807, 2.05) is 13.0 Å². The molecule has 1 aliphatic rings. The Bertz CT molecular complexity index is 1290. The van der Waals surface area contributed by atoms with Crippen LogP contribution < -0.4 is 15.0 Å². The Morgan fingerprint density at radius 1 is 1.16 bits per heavy atom. The number of halogens is 1. The summed E-state index contributed by atoms with van der Waals surface area (Å²) in [7, 11) is 1.51. The standard InChI is InChI=1S/C22H22FN7O/c1-13-14(2)22(28-30-12-25-27-21(13)30)29-7-6-19-15(11-29)8-16(10-24-19)26-20-5-4-17(31-3)9-18(20)23/h4-5,8-10,12,26H,6-7,11H2,1-3H3. The summed E-state index contributed by atoms with van der Waals surface area (Å²) in [5.74, 6) is 1.01. The van der Waals surface area contributed by atoms with E-state index in [1.165, 1.54) is 13.2 Å². The molecule has 158 valence electrons. The summed E-state index contributed by atoms with van der Waals surface area (Å²) in [5.41, 5.74) is 6.18. The Labute approximate surface area is 178 Å². The van der Waals surface area contributed by atoms with Crippen LogP contribution in [-0.2, 0) is 13.0 Å². The van der Waals surface area contributed by atoms with Crippen molar-refractivity contribution in [1.29, 1.82) is 0 Å². The van der Waals surface area contributed by atoms with Crippen LogP contribution in [0.5, 0.6) is 5.75 Å². The van der Waals surface area contributed by atoms with Crippen LogP contribution in [0.25, 0.3) is 5.65 Å². The summed E-state index contributed by atoms with van der Waals surface area (Å²) in [5, 5.41) is 16.0. The molecule has 0 fully saturated rings. The van der Waals surface area contributed by atoms with Crippen molar-refractivity contribution < 1.29 is 9.13 Å². The Morgan fingerprint density at radius 3 is 2.84 bits per heavy atom. The second-order valence-electron chi connectivity index (χ2n) is 7.64. The minimum absolute atomic E-state index is 0.376. The molecule has 4 aromatic rings. The zero-order valence-electron chi connectivity index (χ0n) is 17.6. The highest BCUT2D eigenvalue weighted by Crippen LogP contribution is 2.30. The van der Waals surface area contributed by atoms with Crippen LogP contribution in [-0.4, -0.2) is 38.4 Å². The van der Waals surface area contributed by atoms with E-state index < -0.39 is 0 Å². The average molecular weight is 419 g/mol. The lowest BCUT2D eigenvalue weighted by atomic mass is 10.0. The van der Waals surface area contributed by atoms with Gasteiger partial charge < -0.3 is 15.0 Å². The van der Waals surface area contributed by atoms with E-state index in [-0.39, 0.29) is 5.82 Å². The lowest BCUT2D eigenvalue weighted by Crippen LogP contribution is -2.32. The van der Waals surface area contributed by atoms with E-state index in [0.29, 0.717) is 18.0 Å². The van der Waals surface area contributed by atoms with Crippen molar-refractivity contribution in [2.24, 2.45) is 0 Å². The third kappa shape index (κ3) is 3.41. The van der Waals surface area contributed by atoms with Gasteiger partial charge in [0.05, 0.1) is 24.7 Å². The SMILES string of the molecule is COc1ccc(Nc2cnc3c(c2)CN(c2nn4cnnc4c(C)c2C)CC3)c(F)c1. The third-order valence-corrected chi connectivity index (χ3v) is 5.76. The monoisotopic (exact) mass is 419 g/mol. The summed E-state index contributed by atoms with van der Waals surface area (Å²) in [4.78, 5) is 6.85. The van der Waals surface area contributed by atoms with Crippen LogP contribution in [0.4, 0.5) is 21.6 Å². The number of hydrogen-bond acceptors (Lipinski definition) is 7. The zero-order chi connectivity index (χ0) is 21.5. The van der Waals surface area contributed by atoms with Crippen LogP contribution in [0, 0.1) is 19.7 Å². The van der Waals surface area contributed by atoms with Gasteiger partial charge in [-0.25, -0.2) is 4.39 Å². The van der Waals surface area contributed by atoms with Gasteiger partial charge in [0.25, 0.3) is 0 Å². The fourth-order valence-electron chi connectivity index (χ4n) is 3.92. The molecule has 0 radical (unpaired) electrons. The topological polar surface area (TPSA) is 80.5 Å². The molecule has 1 N–H and O–H groups in total. The Hall–Kier alpha value is -3.75. The first-order valence-corrected chi connectivity index (χ1v) is 10.0. The van der Waals surface area contributed by atoms with Gasteiger partial charge in [0, 0.05) is 42.4 Å². The van der Waals surface area contributed by atoms with Gasteiger partial charge in [-0.3, -0.25) is 4.98 Å². The number of nitrogens with one attached hydrogen (secondary N) is 1.